The number of aromatic nitrogens is 1. The first-order valence-electron chi connectivity index (χ1n) is 8.55. The average molecular weight is 371 g/mol. The second kappa shape index (κ2) is 7.71. The molecule has 8 nitrogen and oxygen atoms in total. The van der Waals surface area contributed by atoms with Crippen LogP contribution in [0, 0.1) is 5.92 Å². The summed E-state index contributed by atoms with van der Waals surface area (Å²) in [6.45, 7) is 5.12. The molecule has 27 heavy (non-hydrogen) atoms. The molecule has 1 amide bonds. The first-order chi connectivity index (χ1) is 13.0. The van der Waals surface area contributed by atoms with Gasteiger partial charge in [0.25, 0.3) is 0 Å². The summed E-state index contributed by atoms with van der Waals surface area (Å²) in [5, 5.41) is 14.0. The zero-order valence-corrected chi connectivity index (χ0v) is 15.2. The number of amides is 1. The molecule has 2 aliphatic heterocycles. The van der Waals surface area contributed by atoms with Gasteiger partial charge in [-0.25, -0.2) is 4.79 Å². The summed E-state index contributed by atoms with van der Waals surface area (Å²) in [6, 6.07) is 3.20. The number of β-lactam (4-membered cyclic amide) rings is 1. The van der Waals surface area contributed by atoms with E-state index < -0.39 is 18.0 Å². The number of esters is 1. The maximum Gasteiger partial charge on any atom is 0.355 e. The number of fused-ring (bicyclic) bond motifs is 1. The van der Waals surface area contributed by atoms with E-state index in [2.05, 4.69) is 16.7 Å². The molecule has 0 bridgehead atoms. The molecular formula is C19H21N3O5. The van der Waals surface area contributed by atoms with Crippen LogP contribution in [0.2, 0.25) is 0 Å². The van der Waals surface area contributed by atoms with Gasteiger partial charge in [-0.05, 0) is 25.5 Å². The van der Waals surface area contributed by atoms with E-state index >= 15 is 0 Å². The third-order valence-corrected chi connectivity index (χ3v) is 4.66. The van der Waals surface area contributed by atoms with Gasteiger partial charge in [0.05, 0.1) is 18.1 Å². The van der Waals surface area contributed by atoms with Crippen molar-refractivity contribution in [1.82, 2.24) is 9.88 Å². The normalized spacial score (nSPS) is 22.9. The molecule has 3 heterocycles. The molecule has 0 aliphatic carbocycles. The zero-order chi connectivity index (χ0) is 19.6. The Kier molecular flexibility index (Phi) is 5.36. The second-order valence-electron chi connectivity index (χ2n) is 6.32. The van der Waals surface area contributed by atoms with E-state index in [9.17, 15) is 14.7 Å². The highest BCUT2D eigenvalue weighted by Crippen LogP contribution is 2.45. The van der Waals surface area contributed by atoms with Crippen molar-refractivity contribution in [3.05, 3.63) is 54.0 Å². The maximum atomic E-state index is 12.7. The lowest BCUT2D eigenvalue weighted by atomic mass is 9.82. The van der Waals surface area contributed by atoms with Crippen molar-refractivity contribution in [2.24, 2.45) is 11.1 Å². The number of carbonyl (C=O) groups is 2. The summed E-state index contributed by atoms with van der Waals surface area (Å²) in [5.74, 6) is -1.52. The van der Waals surface area contributed by atoms with Crippen LogP contribution in [0.3, 0.4) is 0 Å². The molecule has 8 heteroatoms. The van der Waals surface area contributed by atoms with Crippen molar-refractivity contribution >= 4 is 17.6 Å². The SMILES string of the molecule is C=CCOC(=O)C1=C(/C(=N/OC)c2cccnc2)C[C@@H]2[C@@H]([C@@H](C)O)C(=O)N12. The minimum absolute atomic E-state index is 0.0196. The Hall–Kier alpha value is -3.00. The molecule has 1 aromatic heterocycles. The Morgan fingerprint density at radius 1 is 1.59 bits per heavy atom. The molecular weight excluding hydrogens is 350 g/mol. The van der Waals surface area contributed by atoms with E-state index in [1.165, 1.54) is 18.1 Å². The summed E-state index contributed by atoms with van der Waals surface area (Å²) < 4.78 is 5.18. The molecule has 1 saturated heterocycles. The van der Waals surface area contributed by atoms with Gasteiger partial charge >= 0.3 is 5.97 Å². The largest absolute Gasteiger partial charge is 0.457 e. The number of oxime groups is 1. The maximum absolute atomic E-state index is 12.7. The van der Waals surface area contributed by atoms with Crippen molar-refractivity contribution in [3.63, 3.8) is 0 Å². The first-order valence-corrected chi connectivity index (χ1v) is 8.55. The topological polar surface area (TPSA) is 101 Å². The standard InChI is InChI=1S/C19H21N3O5/c1-4-8-27-19(25)17-13(9-14-15(11(2)23)18(24)22(14)17)16(21-26-3)12-6-5-7-20-10-12/h4-7,10-11,14-15,23H,1,8-9H2,2-3H3/b21-16+/t11-,14-,15-/m1/s1. The van der Waals surface area contributed by atoms with Gasteiger partial charge in [0, 0.05) is 23.5 Å². The fourth-order valence-electron chi connectivity index (χ4n) is 3.55. The van der Waals surface area contributed by atoms with Gasteiger partial charge in [-0.2, -0.15) is 0 Å². The molecule has 1 aromatic rings. The molecule has 3 atom stereocenters. The van der Waals surface area contributed by atoms with Crippen LogP contribution in [0.25, 0.3) is 0 Å². The van der Waals surface area contributed by atoms with Crippen LogP contribution in [0.4, 0.5) is 0 Å². The van der Waals surface area contributed by atoms with Gasteiger partial charge in [-0.1, -0.05) is 17.8 Å². The van der Waals surface area contributed by atoms with Crippen LogP contribution in [0.1, 0.15) is 18.9 Å². The lowest BCUT2D eigenvalue weighted by Gasteiger charge is -2.44. The molecule has 0 unspecified atom stereocenters. The highest BCUT2D eigenvalue weighted by atomic mass is 16.6. The van der Waals surface area contributed by atoms with Crippen LogP contribution in [0.5, 0.6) is 0 Å². The Labute approximate surface area is 156 Å². The number of ether oxygens (including phenoxy) is 1. The lowest BCUT2D eigenvalue weighted by Crippen LogP contribution is -2.61. The minimum atomic E-state index is -0.815. The average Bonchev–Trinajstić information content (AvgIpc) is 2.99. The van der Waals surface area contributed by atoms with E-state index in [0.29, 0.717) is 23.3 Å². The van der Waals surface area contributed by atoms with E-state index in [0.717, 1.165) is 0 Å². The van der Waals surface area contributed by atoms with Crippen molar-refractivity contribution in [1.29, 1.82) is 0 Å². The van der Waals surface area contributed by atoms with E-state index in [4.69, 9.17) is 9.57 Å². The van der Waals surface area contributed by atoms with Crippen LogP contribution in [-0.4, -0.2) is 58.4 Å². The quantitative estimate of drug-likeness (QED) is 0.253. The van der Waals surface area contributed by atoms with E-state index in [1.807, 2.05) is 0 Å². The zero-order valence-electron chi connectivity index (χ0n) is 15.2. The highest BCUT2D eigenvalue weighted by Gasteiger charge is 2.57. The molecule has 1 N–H and O–H groups in total. The van der Waals surface area contributed by atoms with Gasteiger partial charge in [0.2, 0.25) is 5.91 Å². The molecule has 2 aliphatic rings. The number of hydrogen-bond donors (Lipinski definition) is 1. The van der Waals surface area contributed by atoms with Crippen molar-refractivity contribution < 1.29 is 24.3 Å². The van der Waals surface area contributed by atoms with Crippen LogP contribution in [-0.2, 0) is 19.2 Å². The number of carbonyl (C=O) groups excluding carboxylic acids is 2. The van der Waals surface area contributed by atoms with Crippen LogP contribution >= 0.6 is 0 Å². The number of aliphatic hydroxyl groups is 1. The highest BCUT2D eigenvalue weighted by molar-refractivity contribution is 6.18. The van der Waals surface area contributed by atoms with Crippen molar-refractivity contribution in [3.8, 4) is 0 Å². The number of pyridine rings is 1. The summed E-state index contributed by atoms with van der Waals surface area (Å²) in [6.07, 6.45) is 4.21. The van der Waals surface area contributed by atoms with Crippen LogP contribution < -0.4 is 0 Å². The molecule has 142 valence electrons. The number of hydrogen-bond acceptors (Lipinski definition) is 7. The fourth-order valence-corrected chi connectivity index (χ4v) is 3.55. The summed E-state index contributed by atoms with van der Waals surface area (Å²) in [5.41, 5.74) is 1.71. The van der Waals surface area contributed by atoms with Gasteiger partial charge < -0.3 is 19.6 Å². The van der Waals surface area contributed by atoms with Crippen molar-refractivity contribution in [2.75, 3.05) is 13.7 Å². The smallest absolute Gasteiger partial charge is 0.355 e. The second-order valence-corrected chi connectivity index (χ2v) is 6.32. The van der Waals surface area contributed by atoms with E-state index in [1.54, 1.807) is 31.5 Å². The molecule has 1 fully saturated rings. The van der Waals surface area contributed by atoms with E-state index in [-0.39, 0.29) is 24.3 Å². The minimum Gasteiger partial charge on any atom is -0.457 e. The Morgan fingerprint density at radius 2 is 2.37 bits per heavy atom. The summed E-state index contributed by atoms with van der Waals surface area (Å²) in [7, 11) is 1.40. The fraction of sp³-hybridized carbons (Fsp3) is 0.368. The van der Waals surface area contributed by atoms with Crippen molar-refractivity contribution in [2.45, 2.75) is 25.5 Å². The van der Waals surface area contributed by atoms with Crippen LogP contribution in [0.15, 0.2) is 53.6 Å². The molecule has 0 spiro atoms. The molecule has 0 saturated carbocycles. The molecule has 0 aromatic carbocycles. The molecule has 0 radical (unpaired) electrons. The van der Waals surface area contributed by atoms with Gasteiger partial charge in [0.1, 0.15) is 25.1 Å². The Morgan fingerprint density at radius 3 is 2.96 bits per heavy atom. The Balaban J connectivity index is 2.07. The Bertz CT molecular complexity index is 816. The number of nitrogens with zero attached hydrogens (tertiary/aromatic N) is 3. The predicted octanol–water partition coefficient (Wildman–Crippen LogP) is 1.03. The third kappa shape index (κ3) is 3.23. The van der Waals surface area contributed by atoms with Gasteiger partial charge in [-0.15, -0.1) is 0 Å². The number of rotatable bonds is 7. The summed E-state index contributed by atoms with van der Waals surface area (Å²) in [4.78, 5) is 35.7. The monoisotopic (exact) mass is 371 g/mol. The third-order valence-electron chi connectivity index (χ3n) is 4.66. The van der Waals surface area contributed by atoms with Gasteiger partial charge in [-0.3, -0.25) is 9.78 Å². The number of aliphatic hydroxyl groups excluding tert-OH is 1. The first kappa shape index (κ1) is 18.8. The van der Waals surface area contributed by atoms with Gasteiger partial charge in [0.15, 0.2) is 0 Å². The lowest BCUT2D eigenvalue weighted by molar-refractivity contribution is -0.162. The predicted molar refractivity (Wildman–Crippen MR) is 96.4 cm³/mol. The molecule has 3 rings (SSSR count). The summed E-state index contributed by atoms with van der Waals surface area (Å²) >= 11 is 0.